The quantitative estimate of drug-likeness (QED) is 0.384. The third-order valence-electron chi connectivity index (χ3n) is 3.64. The predicted molar refractivity (Wildman–Crippen MR) is 89.2 cm³/mol. The van der Waals surface area contributed by atoms with E-state index in [0.29, 0.717) is 37.4 Å². The highest BCUT2D eigenvalue weighted by Gasteiger charge is 2.22. The van der Waals surface area contributed by atoms with Gasteiger partial charge in [0.25, 0.3) is 0 Å². The number of hydrogen-bond donors (Lipinski definition) is 3. The van der Waals surface area contributed by atoms with Gasteiger partial charge in [-0.1, -0.05) is 19.0 Å². The molecule has 7 nitrogen and oxygen atoms in total. The van der Waals surface area contributed by atoms with E-state index in [1.165, 1.54) is 0 Å². The van der Waals surface area contributed by atoms with Gasteiger partial charge in [-0.25, -0.2) is 0 Å². The zero-order chi connectivity index (χ0) is 16.7. The van der Waals surface area contributed by atoms with Gasteiger partial charge in [0, 0.05) is 32.1 Å². The van der Waals surface area contributed by atoms with Crippen molar-refractivity contribution in [3.63, 3.8) is 0 Å². The summed E-state index contributed by atoms with van der Waals surface area (Å²) in [5.74, 6) is 1.96. The van der Waals surface area contributed by atoms with Crippen LogP contribution in [0.4, 0.5) is 0 Å². The van der Waals surface area contributed by atoms with Crippen LogP contribution in [0.25, 0.3) is 0 Å². The van der Waals surface area contributed by atoms with Crippen molar-refractivity contribution in [2.75, 3.05) is 13.6 Å². The van der Waals surface area contributed by atoms with E-state index in [2.05, 4.69) is 39.9 Å². The molecule has 0 atom stereocenters. The molecule has 23 heavy (non-hydrogen) atoms. The first-order valence-electron chi connectivity index (χ1n) is 8.28. The van der Waals surface area contributed by atoms with Gasteiger partial charge in [-0.3, -0.25) is 9.79 Å². The lowest BCUT2D eigenvalue weighted by molar-refractivity contribution is -0.121. The topological polar surface area (TPSA) is 91.5 Å². The van der Waals surface area contributed by atoms with E-state index in [4.69, 9.17) is 4.52 Å². The summed E-state index contributed by atoms with van der Waals surface area (Å²) in [6.45, 7) is 5.39. The molecule has 0 unspecified atom stereocenters. The van der Waals surface area contributed by atoms with Crippen molar-refractivity contribution < 1.29 is 9.32 Å². The average Bonchev–Trinajstić information content (AvgIpc) is 3.20. The summed E-state index contributed by atoms with van der Waals surface area (Å²) in [5, 5.41) is 13.4. The average molecular weight is 321 g/mol. The monoisotopic (exact) mass is 321 g/mol. The van der Waals surface area contributed by atoms with Crippen LogP contribution in [0.1, 0.15) is 56.9 Å². The molecule has 7 heteroatoms. The lowest BCUT2D eigenvalue weighted by Crippen LogP contribution is -2.37. The summed E-state index contributed by atoms with van der Waals surface area (Å²) in [7, 11) is 1.72. The van der Waals surface area contributed by atoms with E-state index in [1.54, 1.807) is 7.05 Å². The Morgan fingerprint density at radius 3 is 2.83 bits per heavy atom. The molecule has 0 aromatic carbocycles. The molecule has 0 spiro atoms. The zero-order valence-corrected chi connectivity index (χ0v) is 14.2. The minimum absolute atomic E-state index is 0.139. The second kappa shape index (κ2) is 8.55. The Hall–Kier alpha value is -2.05. The molecule has 1 fully saturated rings. The van der Waals surface area contributed by atoms with Crippen molar-refractivity contribution in [2.24, 2.45) is 4.99 Å². The Bertz CT molecular complexity index is 534. The van der Waals surface area contributed by atoms with E-state index in [-0.39, 0.29) is 5.91 Å². The fraction of sp³-hybridized carbons (Fsp3) is 0.688. The molecule has 0 bridgehead atoms. The molecule has 1 heterocycles. The molecule has 1 aromatic rings. The molecule has 3 N–H and O–H groups in total. The molecule has 1 aliphatic carbocycles. The third-order valence-corrected chi connectivity index (χ3v) is 3.64. The van der Waals surface area contributed by atoms with Crippen LogP contribution in [-0.4, -0.2) is 36.7 Å². The second-order valence-electron chi connectivity index (χ2n) is 6.17. The lowest BCUT2D eigenvalue weighted by Gasteiger charge is -2.10. The summed E-state index contributed by atoms with van der Waals surface area (Å²) in [6.07, 6.45) is 3.57. The van der Waals surface area contributed by atoms with Crippen molar-refractivity contribution in [1.29, 1.82) is 0 Å². The highest BCUT2D eigenvalue weighted by Crippen LogP contribution is 2.18. The van der Waals surface area contributed by atoms with Gasteiger partial charge in [0.05, 0.1) is 12.2 Å². The Balaban J connectivity index is 1.61. The summed E-state index contributed by atoms with van der Waals surface area (Å²) in [6, 6.07) is 2.38. The minimum Gasteiger partial charge on any atom is -0.359 e. The first-order chi connectivity index (χ1) is 11.1. The molecule has 1 aromatic heterocycles. The normalized spacial score (nSPS) is 14.9. The van der Waals surface area contributed by atoms with Gasteiger partial charge in [0.1, 0.15) is 0 Å². The predicted octanol–water partition coefficient (Wildman–Crippen LogP) is 1.52. The smallest absolute Gasteiger partial charge is 0.220 e. The number of nitrogens with zero attached hydrogens (tertiary/aromatic N) is 2. The van der Waals surface area contributed by atoms with Crippen LogP contribution in [0.2, 0.25) is 0 Å². The summed E-state index contributed by atoms with van der Waals surface area (Å²) < 4.78 is 5.27. The SMILES string of the molecule is CN=C(NCCCC(=O)NC1CC1)NCc1cc(C(C)C)no1. The van der Waals surface area contributed by atoms with Gasteiger partial charge in [-0.15, -0.1) is 0 Å². The van der Waals surface area contributed by atoms with Crippen molar-refractivity contribution in [1.82, 2.24) is 21.1 Å². The molecular weight excluding hydrogens is 294 g/mol. The minimum atomic E-state index is 0.139. The molecule has 2 rings (SSSR count). The largest absolute Gasteiger partial charge is 0.359 e. The van der Waals surface area contributed by atoms with Gasteiger partial charge < -0.3 is 20.5 Å². The maximum atomic E-state index is 11.6. The first kappa shape index (κ1) is 17.3. The fourth-order valence-electron chi connectivity index (χ4n) is 2.06. The lowest BCUT2D eigenvalue weighted by atomic mass is 10.1. The number of aliphatic imine (C=N–C) groups is 1. The van der Waals surface area contributed by atoms with Crippen molar-refractivity contribution in [3.8, 4) is 0 Å². The van der Waals surface area contributed by atoms with Crippen LogP contribution >= 0.6 is 0 Å². The van der Waals surface area contributed by atoms with Gasteiger partial charge >= 0.3 is 0 Å². The van der Waals surface area contributed by atoms with Crippen LogP contribution < -0.4 is 16.0 Å². The van der Waals surface area contributed by atoms with Crippen molar-refractivity contribution in [2.45, 2.75) is 58.0 Å². The maximum Gasteiger partial charge on any atom is 0.220 e. The zero-order valence-electron chi connectivity index (χ0n) is 14.2. The Labute approximate surface area is 137 Å². The van der Waals surface area contributed by atoms with Crippen LogP contribution in [0.5, 0.6) is 0 Å². The number of aromatic nitrogens is 1. The van der Waals surface area contributed by atoms with Crippen LogP contribution in [0.3, 0.4) is 0 Å². The molecule has 0 aliphatic heterocycles. The number of carbonyl (C=O) groups is 1. The van der Waals surface area contributed by atoms with Crippen molar-refractivity contribution in [3.05, 3.63) is 17.5 Å². The van der Waals surface area contributed by atoms with Crippen LogP contribution in [-0.2, 0) is 11.3 Å². The van der Waals surface area contributed by atoms with E-state index in [9.17, 15) is 4.79 Å². The van der Waals surface area contributed by atoms with Gasteiger partial charge in [0.15, 0.2) is 11.7 Å². The van der Waals surface area contributed by atoms with Crippen LogP contribution in [0, 0.1) is 0 Å². The molecule has 1 aliphatic rings. The highest BCUT2D eigenvalue weighted by atomic mass is 16.5. The molecule has 128 valence electrons. The van der Waals surface area contributed by atoms with E-state index in [1.807, 2.05) is 6.07 Å². The Morgan fingerprint density at radius 1 is 1.43 bits per heavy atom. The number of rotatable bonds is 8. The first-order valence-corrected chi connectivity index (χ1v) is 8.28. The summed E-state index contributed by atoms with van der Waals surface area (Å²) in [4.78, 5) is 15.7. The molecule has 0 radical (unpaired) electrons. The van der Waals surface area contributed by atoms with Gasteiger partial charge in [-0.2, -0.15) is 0 Å². The van der Waals surface area contributed by atoms with Gasteiger partial charge in [-0.05, 0) is 25.2 Å². The summed E-state index contributed by atoms with van der Waals surface area (Å²) >= 11 is 0. The number of amides is 1. The van der Waals surface area contributed by atoms with E-state index in [0.717, 1.165) is 30.7 Å². The molecular formula is C16H27N5O2. The number of nitrogens with one attached hydrogen (secondary N) is 3. The number of guanidine groups is 1. The Kier molecular flexibility index (Phi) is 6.43. The second-order valence-corrected chi connectivity index (χ2v) is 6.17. The fourth-order valence-corrected chi connectivity index (χ4v) is 2.06. The number of carbonyl (C=O) groups excluding carboxylic acids is 1. The van der Waals surface area contributed by atoms with E-state index >= 15 is 0 Å². The maximum absolute atomic E-state index is 11.6. The summed E-state index contributed by atoms with van der Waals surface area (Å²) in [5.41, 5.74) is 0.950. The Morgan fingerprint density at radius 2 is 2.22 bits per heavy atom. The number of hydrogen-bond acceptors (Lipinski definition) is 4. The highest BCUT2D eigenvalue weighted by molar-refractivity contribution is 5.79. The standard InChI is InChI=1S/C16H27N5O2/c1-11(2)14-9-13(23-21-14)10-19-16(17-3)18-8-4-5-15(22)20-12-6-7-12/h9,11-12H,4-8,10H2,1-3H3,(H,20,22)(H2,17,18,19). The molecule has 1 amide bonds. The van der Waals surface area contributed by atoms with Crippen LogP contribution in [0.15, 0.2) is 15.6 Å². The van der Waals surface area contributed by atoms with E-state index < -0.39 is 0 Å². The van der Waals surface area contributed by atoms with Crippen molar-refractivity contribution >= 4 is 11.9 Å². The molecule has 1 saturated carbocycles. The third kappa shape index (κ3) is 6.30. The molecule has 0 saturated heterocycles. The van der Waals surface area contributed by atoms with Gasteiger partial charge in [0.2, 0.25) is 5.91 Å².